The molecule has 1 unspecified atom stereocenters. The van der Waals surface area contributed by atoms with Crippen LogP contribution in [0.4, 0.5) is 13.2 Å². The highest BCUT2D eigenvalue weighted by molar-refractivity contribution is 7.85. The summed E-state index contributed by atoms with van der Waals surface area (Å²) in [5.74, 6) is 0.748. The van der Waals surface area contributed by atoms with E-state index < -0.39 is 28.1 Å². The molecule has 0 bridgehead atoms. The number of ether oxygens (including phenoxy) is 1. The first kappa shape index (κ1) is 21.7. The van der Waals surface area contributed by atoms with Gasteiger partial charge in [-0.25, -0.2) is 15.0 Å². The van der Waals surface area contributed by atoms with Gasteiger partial charge in [0.05, 0.1) is 27.5 Å². The Hall–Kier alpha value is -3.00. The van der Waals surface area contributed by atoms with E-state index in [9.17, 15) is 17.4 Å². The number of aromatic nitrogens is 4. The number of aryl methyl sites for hydroxylation is 1. The van der Waals surface area contributed by atoms with Crippen molar-refractivity contribution in [3.8, 4) is 23.3 Å². The van der Waals surface area contributed by atoms with Gasteiger partial charge in [-0.3, -0.25) is 4.21 Å². The molecule has 0 saturated carbocycles. The van der Waals surface area contributed by atoms with E-state index in [0.29, 0.717) is 4.90 Å². The van der Waals surface area contributed by atoms with Crippen LogP contribution in [0.15, 0.2) is 29.4 Å². The first-order valence-electron chi connectivity index (χ1n) is 8.85. The molecule has 0 N–H and O–H groups in total. The topological polar surface area (TPSA) is 93.7 Å². The Morgan fingerprint density at radius 3 is 2.53 bits per heavy atom. The number of nitriles is 1. The summed E-state index contributed by atoms with van der Waals surface area (Å²) in [6, 6.07) is 4.42. The van der Waals surface area contributed by atoms with Crippen molar-refractivity contribution >= 4 is 22.0 Å². The van der Waals surface area contributed by atoms with Crippen LogP contribution in [-0.2, 0) is 24.0 Å². The molecule has 0 aromatic carbocycles. The second-order valence-electron chi connectivity index (χ2n) is 6.94. The van der Waals surface area contributed by atoms with Crippen molar-refractivity contribution in [2.45, 2.75) is 37.4 Å². The lowest BCUT2D eigenvalue weighted by atomic mass is 10.2. The average Bonchev–Trinajstić information content (AvgIpc) is 3.02. The zero-order valence-corrected chi connectivity index (χ0v) is 17.4. The zero-order chi connectivity index (χ0) is 22.3. The normalized spacial score (nSPS) is 13.3. The minimum atomic E-state index is -4.54. The summed E-state index contributed by atoms with van der Waals surface area (Å²) in [7, 11) is 0.121. The molecule has 3 heterocycles. The van der Waals surface area contributed by atoms with Crippen LogP contribution in [0.5, 0.6) is 5.75 Å². The van der Waals surface area contributed by atoms with E-state index in [2.05, 4.69) is 15.0 Å². The first-order chi connectivity index (χ1) is 14.0. The molecule has 3 aromatic heterocycles. The van der Waals surface area contributed by atoms with Gasteiger partial charge in [0.1, 0.15) is 23.0 Å². The van der Waals surface area contributed by atoms with E-state index >= 15 is 0 Å². The molecule has 30 heavy (non-hydrogen) atoms. The quantitative estimate of drug-likeness (QED) is 0.602. The molecule has 0 aliphatic carbocycles. The fourth-order valence-corrected chi connectivity index (χ4v) is 3.66. The summed E-state index contributed by atoms with van der Waals surface area (Å²) in [5.41, 5.74) is -1.51. The third kappa shape index (κ3) is 4.14. The maximum Gasteiger partial charge on any atom is 0.417 e. The Morgan fingerprint density at radius 2 is 1.93 bits per heavy atom. The van der Waals surface area contributed by atoms with Gasteiger partial charge in [0.2, 0.25) is 0 Å². The summed E-state index contributed by atoms with van der Waals surface area (Å²) >= 11 is 0. The smallest absolute Gasteiger partial charge is 0.417 e. The minimum Gasteiger partial charge on any atom is -0.471 e. The standard InChI is InChI=1S/C19H18F3N5O2S/c1-5-30(28)14-7-12(29-18(2,3)10-23)9-24-15(14)17-26-13-6-11(19(20,21)22)8-25-16(13)27(17)4/h6-9H,5H2,1-4H3. The van der Waals surface area contributed by atoms with Crippen molar-refractivity contribution in [2.75, 3.05) is 5.75 Å². The molecule has 0 aliphatic rings. The van der Waals surface area contributed by atoms with Crippen molar-refractivity contribution in [2.24, 2.45) is 7.05 Å². The van der Waals surface area contributed by atoms with E-state index in [0.717, 1.165) is 12.3 Å². The highest BCUT2D eigenvalue weighted by atomic mass is 32.2. The molecule has 3 aromatic rings. The van der Waals surface area contributed by atoms with Crippen LogP contribution in [0, 0.1) is 11.3 Å². The van der Waals surface area contributed by atoms with E-state index in [-0.39, 0.29) is 34.2 Å². The molecule has 0 spiro atoms. The summed E-state index contributed by atoms with van der Waals surface area (Å²) in [4.78, 5) is 12.8. The number of nitrogens with zero attached hydrogens (tertiary/aromatic N) is 5. The lowest BCUT2D eigenvalue weighted by Gasteiger charge is -2.19. The molecular weight excluding hydrogens is 419 g/mol. The van der Waals surface area contributed by atoms with Crippen molar-refractivity contribution in [3.05, 3.63) is 30.1 Å². The second-order valence-corrected chi connectivity index (χ2v) is 8.64. The molecule has 7 nitrogen and oxygen atoms in total. The molecule has 1 atom stereocenters. The van der Waals surface area contributed by atoms with Crippen molar-refractivity contribution in [1.29, 1.82) is 5.26 Å². The number of rotatable bonds is 5. The molecule has 0 saturated heterocycles. The van der Waals surface area contributed by atoms with E-state index in [1.165, 1.54) is 16.8 Å². The third-order valence-electron chi connectivity index (χ3n) is 4.23. The van der Waals surface area contributed by atoms with Crippen LogP contribution in [0.25, 0.3) is 22.7 Å². The van der Waals surface area contributed by atoms with Gasteiger partial charge >= 0.3 is 6.18 Å². The van der Waals surface area contributed by atoms with Crippen LogP contribution >= 0.6 is 0 Å². The molecule has 3 rings (SSSR count). The molecule has 158 valence electrons. The van der Waals surface area contributed by atoms with Crippen molar-refractivity contribution in [3.63, 3.8) is 0 Å². The lowest BCUT2D eigenvalue weighted by molar-refractivity contribution is -0.137. The summed E-state index contributed by atoms with van der Waals surface area (Å²) in [6.07, 6.45) is -2.44. The Bertz CT molecular complexity index is 1180. The van der Waals surface area contributed by atoms with Crippen molar-refractivity contribution < 1.29 is 22.1 Å². The number of halogens is 3. The zero-order valence-electron chi connectivity index (χ0n) is 16.6. The van der Waals surface area contributed by atoms with Gasteiger partial charge in [0.25, 0.3) is 0 Å². The molecule has 0 radical (unpaired) electrons. The number of alkyl halides is 3. The van der Waals surface area contributed by atoms with E-state index in [1.807, 2.05) is 6.07 Å². The van der Waals surface area contributed by atoms with Crippen molar-refractivity contribution in [1.82, 2.24) is 19.5 Å². The van der Waals surface area contributed by atoms with Crippen LogP contribution in [0.3, 0.4) is 0 Å². The fourth-order valence-electron chi connectivity index (χ4n) is 2.74. The third-order valence-corrected chi connectivity index (χ3v) is 5.55. The summed E-state index contributed by atoms with van der Waals surface area (Å²) in [5, 5.41) is 9.15. The minimum absolute atomic E-state index is 0.0447. The Kier molecular flexibility index (Phi) is 5.56. The van der Waals surface area contributed by atoms with Crippen LogP contribution in [-0.4, -0.2) is 35.1 Å². The van der Waals surface area contributed by atoms with E-state index in [4.69, 9.17) is 10.00 Å². The molecule has 0 fully saturated rings. The molecule has 0 aliphatic heterocycles. The molecular formula is C19H18F3N5O2S. The highest BCUT2D eigenvalue weighted by Crippen LogP contribution is 2.33. The van der Waals surface area contributed by atoms with Gasteiger partial charge in [0.15, 0.2) is 17.1 Å². The second kappa shape index (κ2) is 7.68. The van der Waals surface area contributed by atoms with Crippen LogP contribution in [0.1, 0.15) is 26.3 Å². The SMILES string of the molecule is CCS(=O)c1cc(OC(C)(C)C#N)cnc1-c1nc2cc(C(F)(F)F)cnc2n1C. The predicted molar refractivity (Wildman–Crippen MR) is 104 cm³/mol. The van der Waals surface area contributed by atoms with Gasteiger partial charge < -0.3 is 9.30 Å². The van der Waals surface area contributed by atoms with Crippen LogP contribution in [0.2, 0.25) is 0 Å². The number of imidazole rings is 1. The number of hydrogen-bond donors (Lipinski definition) is 0. The maximum atomic E-state index is 13.0. The Labute approximate surface area is 173 Å². The van der Waals surface area contributed by atoms with Gasteiger partial charge in [-0.1, -0.05) is 6.92 Å². The number of hydrogen-bond acceptors (Lipinski definition) is 6. The first-order valence-corrected chi connectivity index (χ1v) is 10.2. The molecule has 11 heteroatoms. The lowest BCUT2D eigenvalue weighted by Crippen LogP contribution is -2.25. The highest BCUT2D eigenvalue weighted by Gasteiger charge is 2.32. The van der Waals surface area contributed by atoms with Crippen LogP contribution < -0.4 is 4.74 Å². The average molecular weight is 437 g/mol. The number of pyridine rings is 2. The largest absolute Gasteiger partial charge is 0.471 e. The maximum absolute atomic E-state index is 13.0. The van der Waals surface area contributed by atoms with E-state index in [1.54, 1.807) is 27.8 Å². The van der Waals surface area contributed by atoms with Gasteiger partial charge in [-0.05, 0) is 19.9 Å². The monoisotopic (exact) mass is 437 g/mol. The number of fused-ring (bicyclic) bond motifs is 1. The summed E-state index contributed by atoms with van der Waals surface area (Å²) in [6.45, 7) is 4.87. The van der Waals surface area contributed by atoms with Gasteiger partial charge in [-0.15, -0.1) is 0 Å². The Morgan fingerprint density at radius 1 is 1.23 bits per heavy atom. The van der Waals surface area contributed by atoms with Gasteiger partial charge in [-0.2, -0.15) is 18.4 Å². The Balaban J connectivity index is 2.17. The van der Waals surface area contributed by atoms with Gasteiger partial charge in [0, 0.05) is 25.1 Å². The fraction of sp³-hybridized carbons (Fsp3) is 0.368. The predicted octanol–water partition coefficient (Wildman–Crippen LogP) is 3.86. The summed E-state index contributed by atoms with van der Waals surface area (Å²) < 4.78 is 58.8. The molecule has 0 amide bonds.